The summed E-state index contributed by atoms with van der Waals surface area (Å²) in [5, 5.41) is 3.53. The van der Waals surface area contributed by atoms with Crippen LogP contribution in [0.15, 0.2) is 40.5 Å². The molecule has 0 fully saturated rings. The average molecular weight is 539 g/mol. The minimum absolute atomic E-state index is 0.0745. The largest absolute Gasteiger partial charge is 0.496 e. The van der Waals surface area contributed by atoms with E-state index in [1.54, 1.807) is 20.2 Å². The summed E-state index contributed by atoms with van der Waals surface area (Å²) in [5.74, 6) is 0.0796. The lowest BCUT2D eigenvalue weighted by Crippen LogP contribution is -2.37. The minimum atomic E-state index is -0.612. The van der Waals surface area contributed by atoms with Crippen LogP contribution >= 0.6 is 11.3 Å². The minimum Gasteiger partial charge on any atom is -0.496 e. The molecule has 2 aromatic heterocycles. The van der Waals surface area contributed by atoms with Crippen LogP contribution in [-0.2, 0) is 4.74 Å². The second kappa shape index (κ2) is 10.4. The number of aryl methyl sites for hydroxylation is 1. The van der Waals surface area contributed by atoms with Crippen molar-refractivity contribution in [1.82, 2.24) is 9.88 Å². The highest BCUT2D eigenvalue weighted by Gasteiger charge is 2.27. The Labute approximate surface area is 226 Å². The number of rotatable bonds is 6. The molecule has 6 nitrogen and oxygen atoms in total. The maximum absolute atomic E-state index is 15.9. The third-order valence-corrected chi connectivity index (χ3v) is 7.67. The predicted octanol–water partition coefficient (Wildman–Crippen LogP) is 7.47. The number of carbonyl (C=O) groups excluding carboxylic acids is 1. The van der Waals surface area contributed by atoms with E-state index in [4.69, 9.17) is 9.47 Å². The van der Waals surface area contributed by atoms with Crippen molar-refractivity contribution in [2.45, 2.75) is 53.1 Å². The number of hydrogen-bond donors (Lipinski definition) is 1. The van der Waals surface area contributed by atoms with Crippen LogP contribution in [-0.4, -0.2) is 42.3 Å². The molecule has 4 aromatic rings. The number of aromatic nitrogens is 1. The molecule has 0 radical (unpaired) electrons. The fourth-order valence-electron chi connectivity index (χ4n) is 4.88. The van der Waals surface area contributed by atoms with Crippen LogP contribution in [0.25, 0.3) is 32.1 Å². The van der Waals surface area contributed by atoms with Crippen molar-refractivity contribution in [3.05, 3.63) is 63.0 Å². The van der Waals surface area contributed by atoms with Crippen molar-refractivity contribution in [3.8, 4) is 16.9 Å². The molecule has 1 amide bonds. The summed E-state index contributed by atoms with van der Waals surface area (Å²) in [7, 11) is 3.26. The standard InChI is InChI=1S/C30H35FN2O4S/c1-16(2)21(15-33(7)29(35)37-30(4,5)6)19-10-9-18(14-22(19)31)24-23(36-8)13-17(3)26-25(24)20-11-12-38-27(20)28(34)32-26/h9-14,16,21H,15H2,1-8H3,(H,32,34). The van der Waals surface area contributed by atoms with Crippen molar-refractivity contribution >= 4 is 38.4 Å². The zero-order valence-corrected chi connectivity index (χ0v) is 24.0. The van der Waals surface area contributed by atoms with E-state index in [9.17, 15) is 9.59 Å². The molecule has 1 unspecified atom stereocenters. The van der Waals surface area contributed by atoms with Crippen molar-refractivity contribution < 1.29 is 18.7 Å². The second-order valence-corrected chi connectivity index (χ2v) is 12.0. The molecule has 202 valence electrons. The zero-order chi connectivity index (χ0) is 27.9. The lowest BCUT2D eigenvalue weighted by Gasteiger charge is -2.30. The molecule has 4 rings (SSSR count). The number of benzene rings is 2. The molecule has 1 atom stereocenters. The quantitative estimate of drug-likeness (QED) is 0.276. The normalized spacial score (nSPS) is 12.8. The van der Waals surface area contributed by atoms with E-state index in [1.807, 2.05) is 65.1 Å². The summed E-state index contributed by atoms with van der Waals surface area (Å²) < 4.78 is 27.7. The Balaban J connectivity index is 1.82. The highest BCUT2D eigenvalue weighted by Crippen LogP contribution is 2.42. The predicted molar refractivity (Wildman–Crippen MR) is 153 cm³/mol. The van der Waals surface area contributed by atoms with Gasteiger partial charge in [0.15, 0.2) is 0 Å². The Morgan fingerprint density at radius 2 is 1.89 bits per heavy atom. The number of fused-ring (bicyclic) bond motifs is 3. The van der Waals surface area contributed by atoms with Gasteiger partial charge in [0.1, 0.15) is 21.9 Å². The number of carbonyl (C=O) groups is 1. The molecule has 0 aliphatic carbocycles. The number of H-pyrrole nitrogens is 1. The monoisotopic (exact) mass is 538 g/mol. The summed E-state index contributed by atoms with van der Waals surface area (Å²) >= 11 is 1.37. The first-order valence-electron chi connectivity index (χ1n) is 12.7. The number of thiophene rings is 1. The van der Waals surface area contributed by atoms with E-state index < -0.39 is 11.7 Å². The van der Waals surface area contributed by atoms with Gasteiger partial charge in [0.05, 0.1) is 12.6 Å². The summed E-state index contributed by atoms with van der Waals surface area (Å²) in [5.41, 5.74) is 2.73. The first-order valence-corrected chi connectivity index (χ1v) is 13.5. The third kappa shape index (κ3) is 5.27. The van der Waals surface area contributed by atoms with Crippen LogP contribution in [0.5, 0.6) is 5.75 Å². The number of aromatic amines is 1. The highest BCUT2D eigenvalue weighted by atomic mass is 32.1. The Morgan fingerprint density at radius 1 is 1.18 bits per heavy atom. The van der Waals surface area contributed by atoms with Gasteiger partial charge in [-0.25, -0.2) is 9.18 Å². The number of hydrogen-bond acceptors (Lipinski definition) is 5. The maximum Gasteiger partial charge on any atom is 0.410 e. The van der Waals surface area contributed by atoms with Gasteiger partial charge >= 0.3 is 6.09 Å². The Hall–Kier alpha value is -3.39. The number of ether oxygens (including phenoxy) is 2. The Kier molecular flexibility index (Phi) is 7.57. The second-order valence-electron chi connectivity index (χ2n) is 11.1. The lowest BCUT2D eigenvalue weighted by atomic mass is 9.86. The first-order chi connectivity index (χ1) is 17.8. The number of likely N-dealkylation sites (N-methyl/N-ethyl adjacent to an activating group) is 1. The van der Waals surface area contributed by atoms with Gasteiger partial charge in [-0.1, -0.05) is 26.0 Å². The van der Waals surface area contributed by atoms with Gasteiger partial charge in [0.25, 0.3) is 5.56 Å². The molecule has 0 spiro atoms. The van der Waals surface area contributed by atoms with Crippen LogP contribution in [0, 0.1) is 18.7 Å². The van der Waals surface area contributed by atoms with Gasteiger partial charge in [0.2, 0.25) is 0 Å². The van der Waals surface area contributed by atoms with E-state index in [0.717, 1.165) is 21.9 Å². The van der Waals surface area contributed by atoms with Crippen LogP contribution < -0.4 is 10.3 Å². The van der Waals surface area contributed by atoms with Gasteiger partial charge in [-0.05, 0) is 73.9 Å². The Morgan fingerprint density at radius 3 is 2.50 bits per heavy atom. The van der Waals surface area contributed by atoms with Crippen molar-refractivity contribution in [2.75, 3.05) is 20.7 Å². The Bertz CT molecular complexity index is 1560. The van der Waals surface area contributed by atoms with E-state index in [1.165, 1.54) is 22.3 Å². The molecule has 0 saturated carbocycles. The summed E-state index contributed by atoms with van der Waals surface area (Å²) in [6.45, 7) is 11.7. The molecule has 0 aliphatic heterocycles. The number of pyridine rings is 1. The van der Waals surface area contributed by atoms with Crippen LogP contribution in [0.4, 0.5) is 9.18 Å². The fourth-order valence-corrected chi connectivity index (χ4v) is 5.67. The van der Waals surface area contributed by atoms with Gasteiger partial charge in [0, 0.05) is 35.8 Å². The van der Waals surface area contributed by atoms with Gasteiger partial charge in [-0.2, -0.15) is 0 Å². The molecule has 38 heavy (non-hydrogen) atoms. The highest BCUT2D eigenvalue weighted by molar-refractivity contribution is 7.17. The van der Waals surface area contributed by atoms with Crippen molar-refractivity contribution in [2.24, 2.45) is 5.92 Å². The van der Waals surface area contributed by atoms with Crippen molar-refractivity contribution in [1.29, 1.82) is 0 Å². The van der Waals surface area contributed by atoms with Crippen molar-refractivity contribution in [3.63, 3.8) is 0 Å². The molecule has 2 aromatic carbocycles. The maximum atomic E-state index is 15.9. The molecule has 0 aliphatic rings. The smallest absolute Gasteiger partial charge is 0.410 e. The molecule has 8 heteroatoms. The third-order valence-electron chi connectivity index (χ3n) is 6.76. The lowest BCUT2D eigenvalue weighted by molar-refractivity contribution is 0.0280. The summed E-state index contributed by atoms with van der Waals surface area (Å²) in [6, 6.07) is 8.99. The molecule has 0 bridgehead atoms. The number of methoxy groups -OCH3 is 1. The molecule has 0 saturated heterocycles. The van der Waals surface area contributed by atoms with E-state index in [-0.39, 0.29) is 23.2 Å². The zero-order valence-electron chi connectivity index (χ0n) is 23.2. The van der Waals surface area contributed by atoms with E-state index >= 15 is 4.39 Å². The molecule has 2 heterocycles. The fraction of sp³-hybridized carbons (Fsp3) is 0.400. The van der Waals surface area contributed by atoms with Gasteiger partial charge in [-0.15, -0.1) is 11.3 Å². The number of nitrogens with zero attached hydrogens (tertiary/aromatic N) is 1. The summed E-state index contributed by atoms with van der Waals surface area (Å²) in [6.07, 6.45) is -0.440. The van der Waals surface area contributed by atoms with Gasteiger partial charge in [-0.3, -0.25) is 4.79 Å². The van der Waals surface area contributed by atoms with Crippen LogP contribution in [0.3, 0.4) is 0 Å². The van der Waals surface area contributed by atoms with Gasteiger partial charge < -0.3 is 19.4 Å². The first kappa shape index (κ1) is 27.6. The summed E-state index contributed by atoms with van der Waals surface area (Å²) in [4.78, 5) is 29.8. The number of nitrogens with one attached hydrogen (secondary N) is 1. The number of halogens is 1. The SMILES string of the molecule is COc1cc(C)c2[nH]c(=O)c3sccc3c2c1-c1ccc(C(CN(C)C(=O)OC(C)(C)C)C(C)C)c(F)c1. The molecule has 1 N–H and O–H groups in total. The topological polar surface area (TPSA) is 71.6 Å². The number of amides is 1. The van der Waals surface area contributed by atoms with E-state index in [2.05, 4.69) is 4.98 Å². The van der Waals surface area contributed by atoms with Crippen LogP contribution in [0.2, 0.25) is 0 Å². The molecular formula is C30H35FN2O4S. The molecular weight excluding hydrogens is 503 g/mol. The van der Waals surface area contributed by atoms with Crippen LogP contribution in [0.1, 0.15) is 51.7 Å². The average Bonchev–Trinajstić information content (AvgIpc) is 3.32. The van der Waals surface area contributed by atoms with E-state index in [0.29, 0.717) is 33.6 Å².